The van der Waals surface area contributed by atoms with Gasteiger partial charge in [0.05, 0.1) is 6.54 Å². The molecule has 0 radical (unpaired) electrons. The van der Waals surface area contributed by atoms with Crippen molar-refractivity contribution in [1.29, 1.82) is 0 Å². The van der Waals surface area contributed by atoms with Crippen LogP contribution < -0.4 is 17.0 Å². The van der Waals surface area contributed by atoms with E-state index in [2.05, 4.69) is 0 Å². The average Bonchev–Trinajstić information content (AvgIpc) is 2.58. The summed E-state index contributed by atoms with van der Waals surface area (Å²) in [5.74, 6) is 4.86. The summed E-state index contributed by atoms with van der Waals surface area (Å²) >= 11 is 0. The van der Waals surface area contributed by atoms with Crippen molar-refractivity contribution in [3.8, 4) is 0 Å². The summed E-state index contributed by atoms with van der Waals surface area (Å²) in [5, 5.41) is 0. The smallest absolute Gasteiger partial charge is 0.300 e. The first kappa shape index (κ1) is 13.2. The lowest BCUT2D eigenvalue weighted by molar-refractivity contribution is -0.118. The number of amides is 2. The van der Waals surface area contributed by atoms with Crippen LogP contribution in [0.15, 0.2) is 10.5 Å². The van der Waals surface area contributed by atoms with Gasteiger partial charge in [-0.3, -0.25) is 19.9 Å². The van der Waals surface area contributed by atoms with Gasteiger partial charge in [-0.2, -0.15) is 0 Å². The van der Waals surface area contributed by atoms with Gasteiger partial charge in [-0.05, 0) is 20.0 Å². The maximum absolute atomic E-state index is 11.2. The Hall–Kier alpha value is -1.86. The van der Waals surface area contributed by atoms with Crippen molar-refractivity contribution in [3.05, 3.63) is 23.2 Å². The third-order valence-corrected chi connectivity index (χ3v) is 2.24. The number of carbonyl (C=O) groups is 2. The Labute approximate surface area is 98.7 Å². The largest absolute Gasteiger partial charge is 0.456 e. The summed E-state index contributed by atoms with van der Waals surface area (Å²) in [7, 11) is 1.75. The number of likely N-dealkylation sites (N-methyl/N-ethyl adjacent to an activating group) is 1. The Morgan fingerprint density at radius 3 is 2.71 bits per heavy atom. The van der Waals surface area contributed by atoms with Crippen LogP contribution in [0.2, 0.25) is 0 Å². The van der Waals surface area contributed by atoms with E-state index in [9.17, 15) is 9.59 Å². The van der Waals surface area contributed by atoms with Gasteiger partial charge in [-0.25, -0.2) is 5.84 Å². The average molecular weight is 240 g/mol. The second-order valence-electron chi connectivity index (χ2n) is 3.80. The van der Waals surface area contributed by atoms with E-state index in [0.717, 1.165) is 5.56 Å². The molecule has 94 valence electrons. The second-order valence-corrected chi connectivity index (χ2v) is 3.80. The minimum absolute atomic E-state index is 0.142. The molecular weight excluding hydrogens is 224 g/mol. The second kappa shape index (κ2) is 5.46. The van der Waals surface area contributed by atoms with Crippen molar-refractivity contribution < 1.29 is 14.0 Å². The molecule has 1 aromatic rings. The number of hydrogen-bond acceptors (Lipinski definition) is 5. The Balaban J connectivity index is 2.75. The Morgan fingerprint density at radius 2 is 2.18 bits per heavy atom. The fourth-order valence-corrected chi connectivity index (χ4v) is 1.47. The summed E-state index contributed by atoms with van der Waals surface area (Å²) in [5.41, 5.74) is 7.87. The number of nitrogens with one attached hydrogen (secondary N) is 1. The zero-order valence-corrected chi connectivity index (χ0v) is 9.82. The van der Waals surface area contributed by atoms with E-state index in [4.69, 9.17) is 16.0 Å². The summed E-state index contributed by atoms with van der Waals surface area (Å²) in [6.45, 7) is 2.35. The number of nitrogen functional groups attached to an aromatic ring is 1. The van der Waals surface area contributed by atoms with Gasteiger partial charge in [0.25, 0.3) is 0 Å². The zero-order valence-electron chi connectivity index (χ0n) is 9.82. The van der Waals surface area contributed by atoms with E-state index >= 15 is 0 Å². The first-order valence-electron chi connectivity index (χ1n) is 5.01. The van der Waals surface area contributed by atoms with Gasteiger partial charge in [0.1, 0.15) is 5.76 Å². The van der Waals surface area contributed by atoms with Crippen LogP contribution in [0.1, 0.15) is 21.9 Å². The molecule has 0 atom stereocenters. The highest BCUT2D eigenvalue weighted by molar-refractivity contribution is 5.91. The maximum atomic E-state index is 11.2. The highest BCUT2D eigenvalue weighted by Crippen LogP contribution is 2.16. The molecule has 1 aromatic heterocycles. The fraction of sp³-hybridized carbons (Fsp3) is 0.400. The number of furan rings is 1. The number of hydrazine groups is 1. The van der Waals surface area contributed by atoms with Crippen molar-refractivity contribution in [2.75, 3.05) is 13.6 Å². The third-order valence-electron chi connectivity index (χ3n) is 2.24. The van der Waals surface area contributed by atoms with Crippen molar-refractivity contribution >= 4 is 11.8 Å². The topological polar surface area (TPSA) is 115 Å². The molecule has 5 N–H and O–H groups in total. The van der Waals surface area contributed by atoms with Gasteiger partial charge in [0.2, 0.25) is 5.91 Å². The molecule has 1 heterocycles. The maximum Gasteiger partial charge on any atom is 0.300 e. The highest BCUT2D eigenvalue weighted by Gasteiger charge is 2.14. The van der Waals surface area contributed by atoms with E-state index in [0.29, 0.717) is 12.3 Å². The molecule has 0 fully saturated rings. The van der Waals surface area contributed by atoms with Gasteiger partial charge in [-0.15, -0.1) is 0 Å². The standard InChI is InChI=1S/C10H16N4O3/c1-6-7(4-14(2)5-9(11)15)3-8(17-6)10(16)13-12/h3H,4-5,12H2,1-2H3,(H2,11,15)(H,13,16). The summed E-state index contributed by atoms with van der Waals surface area (Å²) < 4.78 is 5.24. The van der Waals surface area contributed by atoms with E-state index in [1.54, 1.807) is 24.9 Å². The molecule has 7 nitrogen and oxygen atoms in total. The van der Waals surface area contributed by atoms with Crippen molar-refractivity contribution in [2.24, 2.45) is 11.6 Å². The Morgan fingerprint density at radius 1 is 1.53 bits per heavy atom. The van der Waals surface area contributed by atoms with Gasteiger partial charge < -0.3 is 10.2 Å². The molecular formula is C10H16N4O3. The number of carbonyl (C=O) groups excluding carboxylic acids is 2. The van der Waals surface area contributed by atoms with Gasteiger partial charge in [0, 0.05) is 12.1 Å². The molecule has 0 bridgehead atoms. The van der Waals surface area contributed by atoms with Crippen LogP contribution in [0.5, 0.6) is 0 Å². The van der Waals surface area contributed by atoms with E-state index < -0.39 is 11.8 Å². The Kier molecular flexibility index (Phi) is 4.24. The number of nitrogens with two attached hydrogens (primary N) is 2. The highest BCUT2D eigenvalue weighted by atomic mass is 16.4. The van der Waals surface area contributed by atoms with Crippen molar-refractivity contribution in [2.45, 2.75) is 13.5 Å². The van der Waals surface area contributed by atoms with Gasteiger partial charge >= 0.3 is 5.91 Å². The number of aryl methyl sites for hydroxylation is 1. The van der Waals surface area contributed by atoms with E-state index in [1.807, 2.05) is 5.43 Å². The molecule has 0 saturated carbocycles. The number of primary amides is 1. The van der Waals surface area contributed by atoms with Crippen LogP contribution in [0.25, 0.3) is 0 Å². The zero-order chi connectivity index (χ0) is 13.0. The first-order chi connectivity index (χ1) is 7.93. The number of nitrogens with zero attached hydrogens (tertiary/aromatic N) is 1. The molecule has 0 aliphatic rings. The molecule has 17 heavy (non-hydrogen) atoms. The third kappa shape index (κ3) is 3.58. The quantitative estimate of drug-likeness (QED) is 0.351. The van der Waals surface area contributed by atoms with Crippen LogP contribution in [0.4, 0.5) is 0 Å². The van der Waals surface area contributed by atoms with Crippen molar-refractivity contribution in [3.63, 3.8) is 0 Å². The molecule has 0 spiro atoms. The monoisotopic (exact) mass is 240 g/mol. The van der Waals surface area contributed by atoms with E-state index in [1.165, 1.54) is 0 Å². The first-order valence-corrected chi connectivity index (χ1v) is 5.01. The van der Waals surface area contributed by atoms with Crippen LogP contribution in [-0.4, -0.2) is 30.3 Å². The minimum Gasteiger partial charge on any atom is -0.456 e. The minimum atomic E-state index is -0.489. The summed E-state index contributed by atoms with van der Waals surface area (Å²) in [6.07, 6.45) is 0. The van der Waals surface area contributed by atoms with Gasteiger partial charge in [-0.1, -0.05) is 0 Å². The van der Waals surface area contributed by atoms with E-state index in [-0.39, 0.29) is 12.3 Å². The lowest BCUT2D eigenvalue weighted by Gasteiger charge is -2.13. The molecule has 0 saturated heterocycles. The molecule has 0 aromatic carbocycles. The summed E-state index contributed by atoms with van der Waals surface area (Å²) in [4.78, 5) is 23.7. The normalized spacial score (nSPS) is 10.6. The van der Waals surface area contributed by atoms with Crippen LogP contribution >= 0.6 is 0 Å². The fourth-order valence-electron chi connectivity index (χ4n) is 1.47. The Bertz CT molecular complexity index is 427. The molecule has 0 unspecified atom stereocenters. The lowest BCUT2D eigenvalue weighted by Crippen LogP contribution is -2.30. The van der Waals surface area contributed by atoms with Crippen LogP contribution in [0.3, 0.4) is 0 Å². The summed E-state index contributed by atoms with van der Waals surface area (Å²) in [6, 6.07) is 1.59. The van der Waals surface area contributed by atoms with Crippen LogP contribution in [-0.2, 0) is 11.3 Å². The predicted molar refractivity (Wildman–Crippen MR) is 60.6 cm³/mol. The SMILES string of the molecule is Cc1oc(C(=O)NN)cc1CN(C)CC(N)=O. The molecule has 0 aliphatic heterocycles. The van der Waals surface area contributed by atoms with Crippen molar-refractivity contribution in [1.82, 2.24) is 10.3 Å². The molecule has 2 amide bonds. The molecule has 1 rings (SSSR count). The predicted octanol–water partition coefficient (Wildman–Crippen LogP) is -0.891. The van der Waals surface area contributed by atoms with Gasteiger partial charge in [0.15, 0.2) is 5.76 Å². The molecule has 0 aliphatic carbocycles. The number of hydrogen-bond donors (Lipinski definition) is 3. The lowest BCUT2D eigenvalue weighted by atomic mass is 10.2. The molecule has 7 heteroatoms. The van der Waals surface area contributed by atoms with Crippen LogP contribution in [0, 0.1) is 6.92 Å². The number of rotatable bonds is 5.